The van der Waals surface area contributed by atoms with E-state index in [2.05, 4.69) is 30.3 Å². The maximum atomic E-state index is 13.9. The molecular weight excluding hydrogens is 424 g/mol. The maximum absolute atomic E-state index is 13.9. The van der Waals surface area contributed by atoms with E-state index in [-0.39, 0.29) is 0 Å². The van der Waals surface area contributed by atoms with Crippen molar-refractivity contribution >= 4 is 25.5 Å². The molecular formula is C30H26O2S. The molecule has 0 radical (unpaired) electrons. The second-order valence-electron chi connectivity index (χ2n) is 9.16. The first-order valence-corrected chi connectivity index (χ1v) is 13.3. The number of rotatable bonds is 3. The zero-order valence-corrected chi connectivity index (χ0v) is 19.3. The fraction of sp³-hybridized carbons (Fsp3) is 0.200. The van der Waals surface area contributed by atoms with E-state index >= 15 is 0 Å². The summed E-state index contributed by atoms with van der Waals surface area (Å²) in [5.41, 5.74) is 4.79. The summed E-state index contributed by atoms with van der Waals surface area (Å²) < 4.78 is 27.7. The Morgan fingerprint density at radius 3 is 1.73 bits per heavy atom. The highest BCUT2D eigenvalue weighted by Crippen LogP contribution is 2.56. The van der Waals surface area contributed by atoms with Gasteiger partial charge >= 0.3 is 0 Å². The molecule has 0 aromatic heterocycles. The lowest BCUT2D eigenvalue weighted by molar-refractivity contribution is 0.420. The zero-order chi connectivity index (χ0) is 22.4. The van der Waals surface area contributed by atoms with Crippen LogP contribution in [-0.4, -0.2) is 8.42 Å². The Kier molecular flexibility index (Phi) is 4.95. The van der Waals surface area contributed by atoms with Crippen LogP contribution in [0, 0.1) is 5.92 Å². The van der Waals surface area contributed by atoms with E-state index < -0.39 is 9.84 Å². The van der Waals surface area contributed by atoms with E-state index in [9.17, 15) is 8.42 Å². The SMILES string of the molecule is O=S1(=O)/C(=C\C2CCCCC2)c2c1c(-c1ccccc1)c1ccccc1c2-c1ccccc1. The summed E-state index contributed by atoms with van der Waals surface area (Å²) in [5, 5.41) is 2.09. The maximum Gasteiger partial charge on any atom is 0.208 e. The average molecular weight is 451 g/mol. The van der Waals surface area contributed by atoms with Crippen LogP contribution < -0.4 is 0 Å². The van der Waals surface area contributed by atoms with Gasteiger partial charge in [-0.3, -0.25) is 0 Å². The van der Waals surface area contributed by atoms with Crippen molar-refractivity contribution in [1.29, 1.82) is 0 Å². The molecule has 0 unspecified atom stereocenters. The Bertz CT molecular complexity index is 1480. The van der Waals surface area contributed by atoms with Crippen LogP contribution in [0.5, 0.6) is 0 Å². The molecule has 2 nitrogen and oxygen atoms in total. The molecule has 0 N–H and O–H groups in total. The van der Waals surface area contributed by atoms with Crippen molar-refractivity contribution in [2.75, 3.05) is 0 Å². The first kappa shape index (κ1) is 20.4. The van der Waals surface area contributed by atoms with Crippen LogP contribution in [0.4, 0.5) is 0 Å². The van der Waals surface area contributed by atoms with E-state index in [0.717, 1.165) is 51.4 Å². The van der Waals surface area contributed by atoms with E-state index in [0.29, 0.717) is 15.7 Å². The molecule has 0 amide bonds. The second kappa shape index (κ2) is 8.00. The van der Waals surface area contributed by atoms with Crippen LogP contribution in [0.15, 0.2) is 95.9 Å². The molecule has 1 saturated carbocycles. The quantitative estimate of drug-likeness (QED) is 0.318. The van der Waals surface area contributed by atoms with Crippen molar-refractivity contribution < 1.29 is 8.42 Å². The Hall–Kier alpha value is -3.17. The van der Waals surface area contributed by atoms with Crippen LogP contribution in [0.3, 0.4) is 0 Å². The molecule has 0 atom stereocenters. The third kappa shape index (κ3) is 3.26. The monoisotopic (exact) mass is 450 g/mol. The molecule has 33 heavy (non-hydrogen) atoms. The number of hydrogen-bond donors (Lipinski definition) is 0. The van der Waals surface area contributed by atoms with Crippen molar-refractivity contribution in [3.63, 3.8) is 0 Å². The van der Waals surface area contributed by atoms with Crippen LogP contribution in [-0.2, 0) is 9.84 Å². The van der Waals surface area contributed by atoms with Gasteiger partial charge in [-0.05, 0) is 46.2 Å². The van der Waals surface area contributed by atoms with Gasteiger partial charge in [-0.25, -0.2) is 8.42 Å². The Balaban J connectivity index is 1.74. The van der Waals surface area contributed by atoms with Gasteiger partial charge in [0, 0.05) is 11.1 Å². The van der Waals surface area contributed by atoms with Gasteiger partial charge in [0.1, 0.15) is 0 Å². The largest absolute Gasteiger partial charge is 0.218 e. The zero-order valence-electron chi connectivity index (χ0n) is 18.5. The molecule has 4 aromatic rings. The molecule has 0 spiro atoms. The number of allylic oxidation sites excluding steroid dienone is 1. The molecule has 3 heteroatoms. The number of benzene rings is 4. The first-order chi connectivity index (χ1) is 16.2. The van der Waals surface area contributed by atoms with E-state index in [1.807, 2.05) is 60.7 Å². The number of hydrogen-bond acceptors (Lipinski definition) is 2. The summed E-state index contributed by atoms with van der Waals surface area (Å²) in [6.45, 7) is 0. The molecule has 6 rings (SSSR count). The van der Waals surface area contributed by atoms with Gasteiger partial charge in [0.05, 0.1) is 9.80 Å². The number of sulfone groups is 1. The van der Waals surface area contributed by atoms with Gasteiger partial charge < -0.3 is 0 Å². The standard InChI is InChI=1S/C30H26O2S/c31-33(32)26(20-21-12-4-1-5-13-21)29-27(22-14-6-2-7-15-22)24-18-10-11-19-25(24)28(30(29)33)23-16-8-3-9-17-23/h2-3,6-11,14-21H,1,4-5,12-13H2/b26-20-. The van der Waals surface area contributed by atoms with Crippen LogP contribution in [0.25, 0.3) is 37.9 Å². The molecule has 1 aliphatic heterocycles. The molecule has 0 bridgehead atoms. The third-order valence-corrected chi connectivity index (χ3v) is 9.00. The minimum atomic E-state index is -3.52. The summed E-state index contributed by atoms with van der Waals surface area (Å²) in [7, 11) is -3.52. The molecule has 1 heterocycles. The van der Waals surface area contributed by atoms with Gasteiger partial charge in [-0.1, -0.05) is 110 Å². The predicted octanol–water partition coefficient (Wildman–Crippen LogP) is 7.88. The summed E-state index contributed by atoms with van der Waals surface area (Å²) in [5.74, 6) is 0.340. The molecule has 4 aromatic carbocycles. The highest BCUT2D eigenvalue weighted by molar-refractivity contribution is 8.02. The van der Waals surface area contributed by atoms with E-state index in [1.54, 1.807) is 0 Å². The van der Waals surface area contributed by atoms with Gasteiger partial charge in [-0.15, -0.1) is 0 Å². The lowest BCUT2D eigenvalue weighted by atomic mass is 9.85. The van der Waals surface area contributed by atoms with Crippen molar-refractivity contribution in [2.24, 2.45) is 5.92 Å². The topological polar surface area (TPSA) is 34.1 Å². The summed E-state index contributed by atoms with van der Waals surface area (Å²) in [6.07, 6.45) is 7.84. The Morgan fingerprint density at radius 1 is 0.606 bits per heavy atom. The summed E-state index contributed by atoms with van der Waals surface area (Å²) in [4.78, 5) is 1.03. The molecule has 1 aliphatic carbocycles. The highest BCUT2D eigenvalue weighted by Gasteiger charge is 2.44. The lowest BCUT2D eigenvalue weighted by Gasteiger charge is -2.32. The summed E-state index contributed by atoms with van der Waals surface area (Å²) in [6, 6.07) is 28.4. The van der Waals surface area contributed by atoms with Crippen LogP contribution in [0.2, 0.25) is 0 Å². The van der Waals surface area contributed by atoms with Gasteiger partial charge in [-0.2, -0.15) is 0 Å². The normalized spacial score (nSPS) is 18.7. The molecule has 0 saturated heterocycles. The number of fused-ring (bicyclic) bond motifs is 2. The molecule has 1 fully saturated rings. The second-order valence-corrected chi connectivity index (χ2v) is 11.0. The van der Waals surface area contributed by atoms with Crippen LogP contribution >= 0.6 is 0 Å². The molecule has 2 aliphatic rings. The fourth-order valence-electron chi connectivity index (χ4n) is 5.60. The minimum Gasteiger partial charge on any atom is -0.218 e. The predicted molar refractivity (Wildman–Crippen MR) is 137 cm³/mol. The fourth-order valence-corrected chi connectivity index (χ4v) is 7.49. The van der Waals surface area contributed by atoms with Crippen molar-refractivity contribution in [3.05, 3.63) is 96.6 Å². The van der Waals surface area contributed by atoms with Gasteiger partial charge in [0.2, 0.25) is 9.84 Å². The average Bonchev–Trinajstić information content (AvgIpc) is 2.87. The van der Waals surface area contributed by atoms with E-state index in [4.69, 9.17) is 0 Å². The summed E-state index contributed by atoms with van der Waals surface area (Å²) >= 11 is 0. The Morgan fingerprint density at radius 2 is 1.12 bits per heavy atom. The third-order valence-electron chi connectivity index (χ3n) is 7.14. The van der Waals surface area contributed by atoms with Crippen molar-refractivity contribution in [2.45, 2.75) is 37.0 Å². The first-order valence-electron chi connectivity index (χ1n) is 11.8. The van der Waals surface area contributed by atoms with Gasteiger partial charge in [0.15, 0.2) is 0 Å². The van der Waals surface area contributed by atoms with Crippen LogP contribution in [0.1, 0.15) is 37.7 Å². The smallest absolute Gasteiger partial charge is 0.208 e. The molecule has 164 valence electrons. The van der Waals surface area contributed by atoms with Crippen molar-refractivity contribution in [1.82, 2.24) is 0 Å². The minimum absolute atomic E-state index is 0.340. The van der Waals surface area contributed by atoms with Gasteiger partial charge in [0.25, 0.3) is 0 Å². The Labute approximate surface area is 195 Å². The van der Waals surface area contributed by atoms with E-state index in [1.165, 1.54) is 19.3 Å². The lowest BCUT2D eigenvalue weighted by Crippen LogP contribution is -2.22. The van der Waals surface area contributed by atoms with Crippen molar-refractivity contribution in [3.8, 4) is 22.3 Å². The highest BCUT2D eigenvalue weighted by atomic mass is 32.2.